The maximum absolute atomic E-state index is 11.2. The molecule has 0 bridgehead atoms. The van der Waals surface area contributed by atoms with Crippen LogP contribution < -0.4 is 5.73 Å². The van der Waals surface area contributed by atoms with E-state index in [1.807, 2.05) is 0 Å². The van der Waals surface area contributed by atoms with Crippen LogP contribution in [0.2, 0.25) is 0 Å². The summed E-state index contributed by atoms with van der Waals surface area (Å²) >= 11 is 0. The lowest BCUT2D eigenvalue weighted by Crippen LogP contribution is -2.11. The second-order valence-corrected chi connectivity index (χ2v) is 2.75. The molecule has 5 heteroatoms. The van der Waals surface area contributed by atoms with Crippen LogP contribution in [-0.2, 0) is 9.47 Å². The standard InChI is InChI=1S/C10H11NO4/c1-14-9(12)6-4-3-5-7(8(6)11)10(13)15-2/h3-5H,11H2,1-2H3. The number of ether oxygens (including phenoxy) is 2. The fraction of sp³-hybridized carbons (Fsp3) is 0.200. The van der Waals surface area contributed by atoms with E-state index in [9.17, 15) is 9.59 Å². The molecule has 5 nitrogen and oxygen atoms in total. The van der Waals surface area contributed by atoms with Crippen molar-refractivity contribution in [2.24, 2.45) is 0 Å². The summed E-state index contributed by atoms with van der Waals surface area (Å²) in [5.74, 6) is -1.17. The number of carbonyl (C=O) groups is 2. The first-order chi connectivity index (χ1) is 7.11. The third kappa shape index (κ3) is 2.07. The highest BCUT2D eigenvalue weighted by Gasteiger charge is 2.17. The number of hydrogen-bond acceptors (Lipinski definition) is 5. The lowest BCUT2D eigenvalue weighted by Gasteiger charge is -2.07. The Bertz CT molecular complexity index is 366. The van der Waals surface area contributed by atoms with Crippen LogP contribution in [0.15, 0.2) is 18.2 Å². The van der Waals surface area contributed by atoms with E-state index in [-0.39, 0.29) is 16.8 Å². The zero-order valence-corrected chi connectivity index (χ0v) is 8.44. The predicted octanol–water partition coefficient (Wildman–Crippen LogP) is 0.842. The monoisotopic (exact) mass is 209 g/mol. The molecule has 15 heavy (non-hydrogen) atoms. The molecule has 0 spiro atoms. The van der Waals surface area contributed by atoms with Crippen molar-refractivity contribution in [3.8, 4) is 0 Å². The van der Waals surface area contributed by atoms with Gasteiger partial charge in [-0.15, -0.1) is 0 Å². The van der Waals surface area contributed by atoms with Crippen LogP contribution in [0.3, 0.4) is 0 Å². The highest BCUT2D eigenvalue weighted by molar-refractivity contribution is 6.03. The number of nitrogens with two attached hydrogens (primary N) is 1. The van der Waals surface area contributed by atoms with Crippen molar-refractivity contribution in [2.75, 3.05) is 20.0 Å². The number of anilines is 1. The quantitative estimate of drug-likeness (QED) is 0.576. The van der Waals surface area contributed by atoms with Gasteiger partial charge in [-0.25, -0.2) is 9.59 Å². The van der Waals surface area contributed by atoms with Crippen molar-refractivity contribution in [3.63, 3.8) is 0 Å². The average molecular weight is 209 g/mol. The molecule has 0 aliphatic rings. The Balaban J connectivity index is 3.23. The predicted molar refractivity (Wildman–Crippen MR) is 53.5 cm³/mol. The average Bonchev–Trinajstić information content (AvgIpc) is 2.27. The van der Waals surface area contributed by atoms with E-state index in [1.54, 1.807) is 0 Å². The summed E-state index contributed by atoms with van der Waals surface area (Å²) in [6, 6.07) is 4.50. The topological polar surface area (TPSA) is 78.6 Å². The molecule has 0 atom stereocenters. The Morgan fingerprint density at radius 1 is 1.07 bits per heavy atom. The summed E-state index contributed by atoms with van der Waals surface area (Å²) in [7, 11) is 2.49. The molecule has 80 valence electrons. The van der Waals surface area contributed by atoms with Crippen molar-refractivity contribution >= 4 is 17.6 Å². The molecule has 1 rings (SSSR count). The van der Waals surface area contributed by atoms with E-state index in [2.05, 4.69) is 9.47 Å². The molecule has 0 aromatic heterocycles. The first kappa shape index (κ1) is 11.0. The van der Waals surface area contributed by atoms with Gasteiger partial charge in [0.05, 0.1) is 31.0 Å². The summed E-state index contributed by atoms with van der Waals surface area (Å²) < 4.78 is 9.03. The van der Waals surface area contributed by atoms with Crippen LogP contribution in [0, 0.1) is 0 Å². The van der Waals surface area contributed by atoms with E-state index in [0.29, 0.717) is 0 Å². The van der Waals surface area contributed by atoms with Crippen molar-refractivity contribution in [1.82, 2.24) is 0 Å². The van der Waals surface area contributed by atoms with E-state index < -0.39 is 11.9 Å². The lowest BCUT2D eigenvalue weighted by molar-refractivity contribution is 0.0602. The van der Waals surface area contributed by atoms with Gasteiger partial charge in [-0.2, -0.15) is 0 Å². The SMILES string of the molecule is COC(=O)c1cccc(C(=O)OC)c1N. The van der Waals surface area contributed by atoms with Gasteiger partial charge in [0.15, 0.2) is 0 Å². The molecule has 0 amide bonds. The minimum Gasteiger partial charge on any atom is -0.465 e. The molecule has 0 aliphatic heterocycles. The number of carbonyl (C=O) groups excluding carboxylic acids is 2. The molecular formula is C10H11NO4. The second kappa shape index (κ2) is 4.45. The lowest BCUT2D eigenvalue weighted by atomic mass is 10.1. The molecule has 0 saturated carbocycles. The van der Waals surface area contributed by atoms with Gasteiger partial charge in [0.25, 0.3) is 0 Å². The van der Waals surface area contributed by atoms with E-state index in [1.165, 1.54) is 32.4 Å². The molecule has 0 heterocycles. The van der Waals surface area contributed by atoms with Crippen molar-refractivity contribution < 1.29 is 19.1 Å². The highest BCUT2D eigenvalue weighted by atomic mass is 16.5. The molecule has 2 N–H and O–H groups in total. The van der Waals surface area contributed by atoms with Gasteiger partial charge >= 0.3 is 11.9 Å². The first-order valence-electron chi connectivity index (χ1n) is 4.17. The Hall–Kier alpha value is -2.04. The minimum absolute atomic E-state index is 0.0659. The van der Waals surface area contributed by atoms with Crippen LogP contribution in [-0.4, -0.2) is 26.2 Å². The van der Waals surface area contributed by atoms with Gasteiger partial charge in [0.1, 0.15) is 0 Å². The van der Waals surface area contributed by atoms with Gasteiger partial charge in [0, 0.05) is 0 Å². The minimum atomic E-state index is -0.585. The number of methoxy groups -OCH3 is 2. The second-order valence-electron chi connectivity index (χ2n) is 2.75. The molecule has 0 radical (unpaired) electrons. The van der Waals surface area contributed by atoms with Gasteiger partial charge in [-0.05, 0) is 12.1 Å². The molecule has 1 aromatic carbocycles. The summed E-state index contributed by atoms with van der Waals surface area (Å²) in [5.41, 5.74) is 6.01. The first-order valence-corrected chi connectivity index (χ1v) is 4.17. The highest BCUT2D eigenvalue weighted by Crippen LogP contribution is 2.18. The Labute approximate surface area is 86.8 Å². The summed E-state index contributed by atoms with van der Waals surface area (Å²) in [4.78, 5) is 22.5. The normalized spacial score (nSPS) is 9.47. The van der Waals surface area contributed by atoms with Crippen molar-refractivity contribution in [2.45, 2.75) is 0 Å². The maximum atomic E-state index is 11.2. The maximum Gasteiger partial charge on any atom is 0.339 e. The van der Waals surface area contributed by atoms with Crippen LogP contribution >= 0.6 is 0 Å². The van der Waals surface area contributed by atoms with Gasteiger partial charge < -0.3 is 15.2 Å². The zero-order chi connectivity index (χ0) is 11.4. The number of nitrogen functional groups attached to an aromatic ring is 1. The van der Waals surface area contributed by atoms with Crippen LogP contribution in [0.5, 0.6) is 0 Å². The Morgan fingerprint density at radius 2 is 1.47 bits per heavy atom. The number of para-hydroxylation sites is 1. The van der Waals surface area contributed by atoms with E-state index >= 15 is 0 Å². The van der Waals surface area contributed by atoms with Crippen LogP contribution in [0.25, 0.3) is 0 Å². The molecule has 0 unspecified atom stereocenters. The van der Waals surface area contributed by atoms with E-state index in [0.717, 1.165) is 0 Å². The van der Waals surface area contributed by atoms with E-state index in [4.69, 9.17) is 5.73 Å². The van der Waals surface area contributed by atoms with Crippen LogP contribution in [0.1, 0.15) is 20.7 Å². The van der Waals surface area contributed by atoms with Crippen molar-refractivity contribution in [1.29, 1.82) is 0 Å². The molecular weight excluding hydrogens is 198 g/mol. The number of benzene rings is 1. The summed E-state index contributed by atoms with van der Waals surface area (Å²) in [5, 5.41) is 0. The number of rotatable bonds is 2. The molecule has 0 aliphatic carbocycles. The van der Waals surface area contributed by atoms with Gasteiger partial charge in [-0.1, -0.05) is 6.07 Å². The molecule has 0 fully saturated rings. The Kier molecular flexibility index (Phi) is 3.28. The molecule has 1 aromatic rings. The van der Waals surface area contributed by atoms with Gasteiger partial charge in [-0.3, -0.25) is 0 Å². The third-order valence-corrected chi connectivity index (χ3v) is 1.92. The fourth-order valence-electron chi connectivity index (χ4n) is 1.14. The van der Waals surface area contributed by atoms with Crippen molar-refractivity contribution in [3.05, 3.63) is 29.3 Å². The summed E-state index contributed by atoms with van der Waals surface area (Å²) in [6.07, 6.45) is 0. The number of esters is 2. The Morgan fingerprint density at radius 3 is 1.80 bits per heavy atom. The third-order valence-electron chi connectivity index (χ3n) is 1.92. The molecule has 0 saturated heterocycles. The largest absolute Gasteiger partial charge is 0.465 e. The smallest absolute Gasteiger partial charge is 0.339 e. The number of hydrogen-bond donors (Lipinski definition) is 1. The summed E-state index contributed by atoms with van der Waals surface area (Å²) in [6.45, 7) is 0. The van der Waals surface area contributed by atoms with Crippen LogP contribution in [0.4, 0.5) is 5.69 Å². The zero-order valence-electron chi connectivity index (χ0n) is 8.44. The fourth-order valence-corrected chi connectivity index (χ4v) is 1.14. The van der Waals surface area contributed by atoms with Gasteiger partial charge in [0.2, 0.25) is 0 Å².